The molecule has 84 valence electrons. The van der Waals surface area contributed by atoms with Crippen molar-refractivity contribution in [3.8, 4) is 0 Å². The zero-order valence-electron chi connectivity index (χ0n) is 8.61. The fourth-order valence-corrected chi connectivity index (χ4v) is 3.48. The Morgan fingerprint density at radius 2 is 1.87 bits per heavy atom. The third kappa shape index (κ3) is 2.45. The Bertz CT molecular complexity index is 306. The van der Waals surface area contributed by atoms with Gasteiger partial charge in [-0.25, -0.2) is 0 Å². The van der Waals surface area contributed by atoms with E-state index in [4.69, 9.17) is 0 Å². The number of Topliss-reactive ketones (excluding diaryl/α,β-unsaturated/α-hetero) is 1. The largest absolute Gasteiger partial charge is 0.339 e. The SMILES string of the molecule is O=C1CCN(C2CCS(=O)CC2)C(=O)C1. The average molecular weight is 229 g/mol. The molecule has 0 aromatic rings. The van der Waals surface area contributed by atoms with Crippen molar-refractivity contribution in [2.45, 2.75) is 31.7 Å². The van der Waals surface area contributed by atoms with Gasteiger partial charge in [0.05, 0.1) is 6.42 Å². The van der Waals surface area contributed by atoms with Crippen LogP contribution in [0.25, 0.3) is 0 Å². The Morgan fingerprint density at radius 1 is 1.20 bits per heavy atom. The number of carbonyl (C=O) groups is 2. The zero-order chi connectivity index (χ0) is 10.8. The molecule has 2 aliphatic heterocycles. The fourth-order valence-electron chi connectivity index (χ4n) is 2.21. The van der Waals surface area contributed by atoms with Gasteiger partial charge in [-0.15, -0.1) is 0 Å². The van der Waals surface area contributed by atoms with E-state index >= 15 is 0 Å². The van der Waals surface area contributed by atoms with Crippen LogP contribution in [0, 0.1) is 0 Å². The fraction of sp³-hybridized carbons (Fsp3) is 0.800. The second-order valence-corrected chi connectivity index (χ2v) is 5.83. The number of hydrogen-bond acceptors (Lipinski definition) is 3. The van der Waals surface area contributed by atoms with E-state index in [-0.39, 0.29) is 24.2 Å². The number of ketones is 1. The van der Waals surface area contributed by atoms with Crippen LogP contribution in [-0.4, -0.2) is 44.9 Å². The third-order valence-corrected chi connectivity index (χ3v) is 4.48. The molecule has 0 saturated carbocycles. The van der Waals surface area contributed by atoms with Crippen molar-refractivity contribution < 1.29 is 13.8 Å². The third-order valence-electron chi connectivity index (χ3n) is 3.10. The average Bonchev–Trinajstić information content (AvgIpc) is 2.20. The number of hydrogen-bond donors (Lipinski definition) is 0. The molecule has 5 heteroatoms. The molecule has 2 aliphatic rings. The highest BCUT2D eigenvalue weighted by Gasteiger charge is 2.31. The number of nitrogens with zero attached hydrogens (tertiary/aromatic N) is 1. The lowest BCUT2D eigenvalue weighted by Gasteiger charge is -2.36. The molecule has 0 aliphatic carbocycles. The summed E-state index contributed by atoms with van der Waals surface area (Å²) in [5, 5.41) is 0. The maximum atomic E-state index is 11.6. The van der Waals surface area contributed by atoms with Gasteiger partial charge < -0.3 is 4.90 Å². The first-order valence-corrected chi connectivity index (χ1v) is 6.82. The first-order chi connectivity index (χ1) is 7.16. The summed E-state index contributed by atoms with van der Waals surface area (Å²) in [7, 11) is -0.688. The van der Waals surface area contributed by atoms with Crippen LogP contribution in [0.1, 0.15) is 25.7 Å². The first-order valence-electron chi connectivity index (χ1n) is 5.33. The van der Waals surface area contributed by atoms with Gasteiger partial charge >= 0.3 is 0 Å². The Labute approximate surface area is 91.5 Å². The van der Waals surface area contributed by atoms with Crippen LogP contribution >= 0.6 is 0 Å². The van der Waals surface area contributed by atoms with Crippen LogP contribution in [-0.2, 0) is 20.4 Å². The summed E-state index contributed by atoms with van der Waals surface area (Å²) < 4.78 is 11.2. The van der Waals surface area contributed by atoms with E-state index in [1.165, 1.54) is 0 Å². The van der Waals surface area contributed by atoms with E-state index < -0.39 is 10.8 Å². The normalized spacial score (nSPS) is 33.2. The number of carbonyl (C=O) groups excluding carboxylic acids is 2. The molecule has 0 aromatic carbocycles. The molecule has 2 saturated heterocycles. The smallest absolute Gasteiger partial charge is 0.230 e. The number of rotatable bonds is 1. The lowest BCUT2D eigenvalue weighted by molar-refractivity contribution is -0.141. The molecule has 0 spiro atoms. The Balaban J connectivity index is 1.96. The molecule has 2 fully saturated rings. The highest BCUT2D eigenvalue weighted by Crippen LogP contribution is 2.20. The van der Waals surface area contributed by atoms with Gasteiger partial charge in [0.1, 0.15) is 5.78 Å². The van der Waals surface area contributed by atoms with Crippen molar-refractivity contribution in [3.63, 3.8) is 0 Å². The van der Waals surface area contributed by atoms with Crippen molar-refractivity contribution >= 4 is 22.5 Å². The molecule has 0 unspecified atom stereocenters. The van der Waals surface area contributed by atoms with Crippen LogP contribution in [0.5, 0.6) is 0 Å². The molecule has 1 amide bonds. The van der Waals surface area contributed by atoms with Crippen molar-refractivity contribution in [1.29, 1.82) is 0 Å². The quantitative estimate of drug-likeness (QED) is 0.599. The molecule has 0 bridgehead atoms. The molecule has 2 rings (SSSR count). The summed E-state index contributed by atoms with van der Waals surface area (Å²) in [5.74, 6) is 1.41. The van der Waals surface area contributed by atoms with E-state index in [1.807, 2.05) is 4.90 Å². The summed E-state index contributed by atoms with van der Waals surface area (Å²) in [6.07, 6.45) is 2.21. The van der Waals surface area contributed by atoms with Gasteiger partial charge in [0, 0.05) is 41.3 Å². The molecule has 15 heavy (non-hydrogen) atoms. The lowest BCUT2D eigenvalue weighted by Crippen LogP contribution is -2.48. The second-order valence-electron chi connectivity index (χ2n) is 4.13. The zero-order valence-corrected chi connectivity index (χ0v) is 9.42. The van der Waals surface area contributed by atoms with Gasteiger partial charge in [-0.05, 0) is 12.8 Å². The van der Waals surface area contributed by atoms with E-state index in [2.05, 4.69) is 0 Å². The van der Waals surface area contributed by atoms with Crippen LogP contribution < -0.4 is 0 Å². The summed E-state index contributed by atoms with van der Waals surface area (Å²) in [4.78, 5) is 24.5. The highest BCUT2D eigenvalue weighted by molar-refractivity contribution is 7.85. The van der Waals surface area contributed by atoms with Crippen LogP contribution in [0.4, 0.5) is 0 Å². The van der Waals surface area contributed by atoms with Gasteiger partial charge in [-0.3, -0.25) is 13.8 Å². The first kappa shape index (κ1) is 10.8. The van der Waals surface area contributed by atoms with Gasteiger partial charge in [0.2, 0.25) is 5.91 Å². The van der Waals surface area contributed by atoms with Crippen molar-refractivity contribution in [1.82, 2.24) is 4.90 Å². The van der Waals surface area contributed by atoms with Crippen LogP contribution in [0.15, 0.2) is 0 Å². The summed E-state index contributed by atoms with van der Waals surface area (Å²) in [5.41, 5.74) is 0. The summed E-state index contributed by atoms with van der Waals surface area (Å²) in [6, 6.07) is 0.225. The van der Waals surface area contributed by atoms with E-state index in [9.17, 15) is 13.8 Å². The predicted octanol–water partition coefficient (Wildman–Crippen LogP) is 0.0890. The standard InChI is InChI=1S/C10H15NO3S/c12-9-1-4-11(10(13)7-9)8-2-5-15(14)6-3-8/h8H,1-7H2. The molecule has 0 aromatic heterocycles. The van der Waals surface area contributed by atoms with Gasteiger partial charge in [0.25, 0.3) is 0 Å². The van der Waals surface area contributed by atoms with Crippen molar-refractivity contribution in [2.75, 3.05) is 18.1 Å². The minimum atomic E-state index is -0.688. The Hall–Kier alpha value is -0.710. The molecule has 0 radical (unpaired) electrons. The van der Waals surface area contributed by atoms with Crippen molar-refractivity contribution in [3.05, 3.63) is 0 Å². The topological polar surface area (TPSA) is 54.5 Å². The van der Waals surface area contributed by atoms with Gasteiger partial charge in [-0.2, -0.15) is 0 Å². The second kappa shape index (κ2) is 4.43. The number of likely N-dealkylation sites (tertiary alicyclic amines) is 1. The van der Waals surface area contributed by atoms with Crippen molar-refractivity contribution in [2.24, 2.45) is 0 Å². The number of piperidine rings is 1. The van der Waals surface area contributed by atoms with Gasteiger partial charge in [0.15, 0.2) is 0 Å². The molecule has 0 atom stereocenters. The molecule has 4 nitrogen and oxygen atoms in total. The summed E-state index contributed by atoms with van der Waals surface area (Å²) in [6.45, 7) is 0.564. The molecule has 2 heterocycles. The maximum Gasteiger partial charge on any atom is 0.230 e. The Kier molecular flexibility index (Phi) is 3.19. The lowest BCUT2D eigenvalue weighted by atomic mass is 10.0. The van der Waals surface area contributed by atoms with Crippen LogP contribution in [0.2, 0.25) is 0 Å². The van der Waals surface area contributed by atoms with E-state index in [0.717, 1.165) is 12.8 Å². The molecular formula is C10H15NO3S. The minimum absolute atomic E-state index is 0.0380. The molecular weight excluding hydrogens is 214 g/mol. The van der Waals surface area contributed by atoms with Gasteiger partial charge in [-0.1, -0.05) is 0 Å². The summed E-state index contributed by atoms with van der Waals surface area (Å²) >= 11 is 0. The van der Waals surface area contributed by atoms with E-state index in [1.54, 1.807) is 0 Å². The predicted molar refractivity (Wildman–Crippen MR) is 56.9 cm³/mol. The molecule has 0 N–H and O–H groups in total. The van der Waals surface area contributed by atoms with Crippen LogP contribution in [0.3, 0.4) is 0 Å². The van der Waals surface area contributed by atoms with E-state index in [0.29, 0.717) is 24.5 Å². The highest BCUT2D eigenvalue weighted by atomic mass is 32.2. The number of amides is 1. The monoisotopic (exact) mass is 229 g/mol. The maximum absolute atomic E-state index is 11.6. The minimum Gasteiger partial charge on any atom is -0.339 e. The Morgan fingerprint density at radius 3 is 2.47 bits per heavy atom.